The van der Waals surface area contributed by atoms with Crippen LogP contribution in [0.2, 0.25) is 0 Å². The van der Waals surface area contributed by atoms with Gasteiger partial charge in [-0.15, -0.1) is 0 Å². The molecule has 2 rings (SSSR count). The van der Waals surface area contributed by atoms with Crippen LogP contribution in [-0.4, -0.2) is 4.98 Å². The van der Waals surface area contributed by atoms with Crippen LogP contribution in [0.3, 0.4) is 0 Å². The number of hydrogen-bond donors (Lipinski definition) is 1. The van der Waals surface area contributed by atoms with Crippen LogP contribution in [0.5, 0.6) is 0 Å². The smallest absolute Gasteiger partial charge is 0.0460 e. The van der Waals surface area contributed by atoms with Gasteiger partial charge < -0.3 is 4.98 Å². The standard InChI is InChI=1S/C12H12N/c1-3-9(2)11-8-13-12-7-5-4-6-10(11)12/h2,4-8,13H,3H2,1H3. The summed E-state index contributed by atoms with van der Waals surface area (Å²) in [6.07, 6.45) is 2.87. The van der Waals surface area contributed by atoms with Crippen molar-refractivity contribution in [2.45, 2.75) is 13.3 Å². The Balaban J connectivity index is 2.64. The van der Waals surface area contributed by atoms with Crippen molar-refractivity contribution in [3.63, 3.8) is 0 Å². The fourth-order valence-corrected chi connectivity index (χ4v) is 1.53. The first-order valence-corrected chi connectivity index (χ1v) is 4.50. The van der Waals surface area contributed by atoms with Crippen LogP contribution in [0, 0.1) is 6.58 Å². The third kappa shape index (κ3) is 1.26. The topological polar surface area (TPSA) is 15.8 Å². The lowest BCUT2D eigenvalue weighted by Crippen LogP contribution is -1.76. The summed E-state index contributed by atoms with van der Waals surface area (Å²) >= 11 is 0. The second kappa shape index (κ2) is 3.09. The number of rotatable bonds is 2. The van der Waals surface area contributed by atoms with Crippen molar-refractivity contribution in [2.75, 3.05) is 0 Å². The van der Waals surface area contributed by atoms with Gasteiger partial charge >= 0.3 is 0 Å². The largest absolute Gasteiger partial charge is 0.361 e. The van der Waals surface area contributed by atoms with E-state index in [2.05, 4.69) is 24.0 Å². The molecule has 0 saturated carbocycles. The van der Waals surface area contributed by atoms with Gasteiger partial charge in [0.1, 0.15) is 0 Å². The summed E-state index contributed by atoms with van der Waals surface area (Å²) in [4.78, 5) is 3.20. The van der Waals surface area contributed by atoms with E-state index >= 15 is 0 Å². The molecule has 1 nitrogen and oxygen atoms in total. The van der Waals surface area contributed by atoms with E-state index in [1.807, 2.05) is 18.3 Å². The highest BCUT2D eigenvalue weighted by atomic mass is 14.7. The Morgan fingerprint density at radius 3 is 2.92 bits per heavy atom. The molecule has 0 aliphatic carbocycles. The number of allylic oxidation sites excluding steroid dienone is 1. The summed E-state index contributed by atoms with van der Waals surface area (Å²) in [5.41, 5.74) is 3.23. The number of benzene rings is 1. The van der Waals surface area contributed by atoms with Crippen molar-refractivity contribution in [3.8, 4) is 0 Å². The number of H-pyrrole nitrogens is 1. The van der Waals surface area contributed by atoms with Crippen molar-refractivity contribution < 1.29 is 0 Å². The number of para-hydroxylation sites is 1. The van der Waals surface area contributed by atoms with E-state index in [1.54, 1.807) is 0 Å². The van der Waals surface area contributed by atoms with E-state index < -0.39 is 0 Å². The van der Waals surface area contributed by atoms with Gasteiger partial charge in [-0.2, -0.15) is 0 Å². The lowest BCUT2D eigenvalue weighted by Gasteiger charge is -1.98. The highest BCUT2D eigenvalue weighted by molar-refractivity contribution is 5.91. The SMILES string of the molecule is [CH]=C(CC)c1c[nH]c2ccccc12. The predicted molar refractivity (Wildman–Crippen MR) is 56.3 cm³/mol. The Labute approximate surface area is 78.1 Å². The highest BCUT2D eigenvalue weighted by Gasteiger charge is 2.03. The van der Waals surface area contributed by atoms with Crippen LogP contribution in [-0.2, 0) is 0 Å². The van der Waals surface area contributed by atoms with Crippen LogP contribution in [0.25, 0.3) is 16.5 Å². The van der Waals surface area contributed by atoms with E-state index in [-0.39, 0.29) is 0 Å². The number of nitrogens with one attached hydrogen (secondary N) is 1. The molecule has 1 heteroatoms. The summed E-state index contributed by atoms with van der Waals surface area (Å²) in [6.45, 7) is 7.97. The lowest BCUT2D eigenvalue weighted by molar-refractivity contribution is 1.25. The van der Waals surface area contributed by atoms with Crippen molar-refractivity contribution in [1.82, 2.24) is 4.98 Å². The average molecular weight is 170 g/mol. The molecule has 0 fully saturated rings. The second-order valence-corrected chi connectivity index (χ2v) is 3.13. The first-order chi connectivity index (χ1) is 6.33. The monoisotopic (exact) mass is 170 g/mol. The van der Waals surface area contributed by atoms with Gasteiger partial charge in [-0.1, -0.05) is 31.7 Å². The van der Waals surface area contributed by atoms with E-state index in [1.165, 1.54) is 5.39 Å². The molecular formula is C12H12N. The molecule has 0 unspecified atom stereocenters. The third-order valence-electron chi connectivity index (χ3n) is 2.32. The molecule has 1 N–H and O–H groups in total. The molecule has 0 aliphatic rings. The number of fused-ring (bicyclic) bond motifs is 1. The molecule has 0 amide bonds. The van der Waals surface area contributed by atoms with Crippen molar-refractivity contribution in [1.29, 1.82) is 0 Å². The minimum absolute atomic E-state index is 0.891. The van der Waals surface area contributed by atoms with Gasteiger partial charge in [0.2, 0.25) is 0 Å². The van der Waals surface area contributed by atoms with Crippen LogP contribution < -0.4 is 0 Å². The first-order valence-electron chi connectivity index (χ1n) is 4.50. The zero-order valence-electron chi connectivity index (χ0n) is 7.67. The quantitative estimate of drug-likeness (QED) is 0.711. The van der Waals surface area contributed by atoms with Crippen molar-refractivity contribution in [3.05, 3.63) is 42.6 Å². The molecule has 13 heavy (non-hydrogen) atoms. The summed E-state index contributed by atoms with van der Waals surface area (Å²) in [6, 6.07) is 8.19. The Morgan fingerprint density at radius 2 is 2.15 bits per heavy atom. The van der Waals surface area contributed by atoms with E-state index in [0.29, 0.717) is 0 Å². The van der Waals surface area contributed by atoms with Crippen LogP contribution in [0.1, 0.15) is 18.9 Å². The normalized spacial score (nSPS) is 10.5. The molecule has 1 radical (unpaired) electrons. The van der Waals surface area contributed by atoms with Gasteiger partial charge in [0.15, 0.2) is 0 Å². The molecule has 1 aromatic heterocycles. The van der Waals surface area contributed by atoms with Gasteiger partial charge in [0.05, 0.1) is 0 Å². The maximum atomic E-state index is 5.90. The van der Waals surface area contributed by atoms with Gasteiger partial charge in [0.25, 0.3) is 0 Å². The van der Waals surface area contributed by atoms with Crippen molar-refractivity contribution >= 4 is 16.5 Å². The molecule has 65 valence electrons. The first kappa shape index (κ1) is 8.11. The predicted octanol–water partition coefficient (Wildman–Crippen LogP) is 3.39. The molecular weight excluding hydrogens is 158 g/mol. The van der Waals surface area contributed by atoms with E-state index in [9.17, 15) is 0 Å². The Bertz CT molecular complexity index is 437. The molecule has 0 bridgehead atoms. The highest BCUT2D eigenvalue weighted by Crippen LogP contribution is 2.24. The van der Waals surface area contributed by atoms with E-state index in [4.69, 9.17) is 6.58 Å². The maximum absolute atomic E-state index is 5.90. The third-order valence-corrected chi connectivity index (χ3v) is 2.32. The zero-order chi connectivity index (χ0) is 9.26. The molecule has 0 aliphatic heterocycles. The second-order valence-electron chi connectivity index (χ2n) is 3.13. The Morgan fingerprint density at radius 1 is 1.38 bits per heavy atom. The van der Waals surface area contributed by atoms with Gasteiger partial charge in [0, 0.05) is 22.7 Å². The molecule has 0 saturated heterocycles. The summed E-state index contributed by atoms with van der Waals surface area (Å²) in [7, 11) is 0. The summed E-state index contributed by atoms with van der Waals surface area (Å²) < 4.78 is 0. The van der Waals surface area contributed by atoms with Crippen molar-refractivity contribution in [2.24, 2.45) is 0 Å². The van der Waals surface area contributed by atoms with Crippen LogP contribution >= 0.6 is 0 Å². The van der Waals surface area contributed by atoms with Crippen LogP contribution in [0.15, 0.2) is 30.5 Å². The van der Waals surface area contributed by atoms with Gasteiger partial charge in [-0.25, -0.2) is 0 Å². The maximum Gasteiger partial charge on any atom is 0.0460 e. The number of aromatic nitrogens is 1. The number of hydrogen-bond acceptors (Lipinski definition) is 0. The molecule has 1 aromatic carbocycles. The minimum atomic E-state index is 0.891. The van der Waals surface area contributed by atoms with E-state index in [0.717, 1.165) is 23.1 Å². The molecule has 2 aromatic rings. The number of aromatic amines is 1. The molecule has 0 atom stereocenters. The molecule has 1 heterocycles. The lowest BCUT2D eigenvalue weighted by atomic mass is 10.0. The minimum Gasteiger partial charge on any atom is -0.361 e. The Hall–Kier alpha value is -1.50. The summed E-state index contributed by atoms with van der Waals surface area (Å²) in [5, 5.41) is 1.21. The fraction of sp³-hybridized carbons (Fsp3) is 0.167. The average Bonchev–Trinajstić information content (AvgIpc) is 2.60. The van der Waals surface area contributed by atoms with Gasteiger partial charge in [-0.05, 0) is 18.1 Å². The van der Waals surface area contributed by atoms with Gasteiger partial charge in [-0.3, -0.25) is 0 Å². The Kier molecular flexibility index (Phi) is 1.93. The van der Waals surface area contributed by atoms with Crippen LogP contribution in [0.4, 0.5) is 0 Å². The zero-order valence-corrected chi connectivity index (χ0v) is 7.67. The summed E-state index contributed by atoms with van der Waals surface area (Å²) in [5.74, 6) is 0. The molecule has 0 spiro atoms. The fourth-order valence-electron chi connectivity index (χ4n) is 1.53.